The van der Waals surface area contributed by atoms with Gasteiger partial charge in [-0.1, -0.05) is 48.0 Å². The third-order valence-corrected chi connectivity index (χ3v) is 3.97. The topological polar surface area (TPSA) is 42.0 Å². The summed E-state index contributed by atoms with van der Waals surface area (Å²) < 4.78 is 1.85. The van der Waals surface area contributed by atoms with E-state index in [9.17, 15) is 0 Å². The molecule has 0 unspecified atom stereocenters. The molecule has 2 aromatic heterocycles. The molecule has 4 aromatic rings. The standard InChI is InChI=1S/C18H13ClN4/c1-12-18(23-11-14(19)9-10-17(23)20-12)22-21-16-8-4-6-13-5-2-3-7-15(13)16/h2-11H,1H3. The van der Waals surface area contributed by atoms with Crippen molar-refractivity contribution in [2.75, 3.05) is 0 Å². The summed E-state index contributed by atoms with van der Waals surface area (Å²) in [4.78, 5) is 4.48. The van der Waals surface area contributed by atoms with Gasteiger partial charge in [-0.05, 0) is 30.5 Å². The van der Waals surface area contributed by atoms with E-state index in [-0.39, 0.29) is 0 Å². The van der Waals surface area contributed by atoms with Crippen LogP contribution in [0.4, 0.5) is 11.5 Å². The molecule has 0 amide bonds. The van der Waals surface area contributed by atoms with Crippen LogP contribution in [0.2, 0.25) is 5.02 Å². The normalized spacial score (nSPS) is 11.7. The van der Waals surface area contributed by atoms with E-state index in [1.54, 1.807) is 6.20 Å². The van der Waals surface area contributed by atoms with E-state index in [1.807, 2.05) is 53.8 Å². The van der Waals surface area contributed by atoms with E-state index >= 15 is 0 Å². The zero-order valence-electron chi connectivity index (χ0n) is 12.4. The Kier molecular flexibility index (Phi) is 3.32. The fraction of sp³-hybridized carbons (Fsp3) is 0.0556. The number of hydrogen-bond donors (Lipinski definition) is 0. The van der Waals surface area contributed by atoms with E-state index in [4.69, 9.17) is 11.6 Å². The Balaban J connectivity index is 1.85. The highest BCUT2D eigenvalue weighted by Crippen LogP contribution is 2.29. The monoisotopic (exact) mass is 320 g/mol. The Bertz CT molecular complexity index is 1040. The van der Waals surface area contributed by atoms with Crippen LogP contribution < -0.4 is 0 Å². The lowest BCUT2D eigenvalue weighted by atomic mass is 10.1. The van der Waals surface area contributed by atoms with Gasteiger partial charge in [0, 0.05) is 11.6 Å². The highest BCUT2D eigenvalue weighted by Gasteiger charge is 2.08. The van der Waals surface area contributed by atoms with Crippen LogP contribution in [0.25, 0.3) is 16.4 Å². The first-order valence-electron chi connectivity index (χ1n) is 7.26. The Hall–Kier alpha value is -2.72. The molecule has 5 heteroatoms. The molecule has 0 radical (unpaired) electrons. The highest BCUT2D eigenvalue weighted by molar-refractivity contribution is 6.30. The van der Waals surface area contributed by atoms with Gasteiger partial charge in [0.1, 0.15) is 5.65 Å². The first-order valence-corrected chi connectivity index (χ1v) is 7.64. The van der Waals surface area contributed by atoms with Crippen LogP contribution >= 0.6 is 11.6 Å². The summed E-state index contributed by atoms with van der Waals surface area (Å²) >= 11 is 6.07. The number of imidazole rings is 1. The van der Waals surface area contributed by atoms with Gasteiger partial charge < -0.3 is 0 Å². The number of fused-ring (bicyclic) bond motifs is 2. The van der Waals surface area contributed by atoms with E-state index in [1.165, 1.54) is 0 Å². The van der Waals surface area contributed by atoms with Crippen molar-refractivity contribution in [2.24, 2.45) is 10.2 Å². The van der Waals surface area contributed by atoms with Gasteiger partial charge in [-0.25, -0.2) is 4.98 Å². The summed E-state index contributed by atoms with van der Waals surface area (Å²) in [5, 5.41) is 11.7. The second-order valence-corrected chi connectivity index (χ2v) is 5.73. The molecule has 0 bridgehead atoms. The number of aryl methyl sites for hydroxylation is 1. The van der Waals surface area contributed by atoms with E-state index < -0.39 is 0 Å². The molecule has 0 spiro atoms. The molecule has 23 heavy (non-hydrogen) atoms. The molecule has 2 heterocycles. The molecule has 4 rings (SSSR count). The zero-order chi connectivity index (χ0) is 15.8. The van der Waals surface area contributed by atoms with E-state index in [0.29, 0.717) is 10.8 Å². The van der Waals surface area contributed by atoms with Crippen LogP contribution in [0.1, 0.15) is 5.69 Å². The second-order valence-electron chi connectivity index (χ2n) is 5.29. The fourth-order valence-corrected chi connectivity index (χ4v) is 2.80. The molecule has 0 aliphatic rings. The Morgan fingerprint density at radius 1 is 0.957 bits per heavy atom. The van der Waals surface area contributed by atoms with Gasteiger partial charge >= 0.3 is 0 Å². The Morgan fingerprint density at radius 3 is 2.70 bits per heavy atom. The summed E-state index contributed by atoms with van der Waals surface area (Å²) in [7, 11) is 0. The average Bonchev–Trinajstić information content (AvgIpc) is 2.87. The van der Waals surface area contributed by atoms with Gasteiger partial charge in [0.05, 0.1) is 16.4 Å². The molecule has 0 N–H and O–H groups in total. The number of aromatic nitrogens is 2. The molecular weight excluding hydrogens is 308 g/mol. The SMILES string of the molecule is Cc1nc2ccc(Cl)cn2c1N=Nc1cccc2ccccc12. The molecule has 4 nitrogen and oxygen atoms in total. The minimum Gasteiger partial charge on any atom is -0.281 e. The molecule has 2 aromatic carbocycles. The largest absolute Gasteiger partial charge is 0.281 e. The van der Waals surface area contributed by atoms with Crippen molar-refractivity contribution >= 4 is 39.5 Å². The molecule has 0 saturated carbocycles. The number of azo groups is 1. The number of benzene rings is 2. The van der Waals surface area contributed by atoms with Gasteiger partial charge in [-0.15, -0.1) is 10.2 Å². The molecule has 0 fully saturated rings. The van der Waals surface area contributed by atoms with Crippen molar-refractivity contribution in [3.05, 3.63) is 71.5 Å². The molecule has 0 atom stereocenters. The first-order chi connectivity index (χ1) is 11.2. The third kappa shape index (κ3) is 2.47. The summed E-state index contributed by atoms with van der Waals surface area (Å²) in [5.41, 5.74) is 2.45. The lowest BCUT2D eigenvalue weighted by Gasteiger charge is -2.01. The smallest absolute Gasteiger partial charge is 0.182 e. The van der Waals surface area contributed by atoms with Crippen molar-refractivity contribution in [2.45, 2.75) is 6.92 Å². The third-order valence-electron chi connectivity index (χ3n) is 3.74. The van der Waals surface area contributed by atoms with Crippen LogP contribution in [-0.4, -0.2) is 9.38 Å². The van der Waals surface area contributed by atoms with Crippen LogP contribution in [-0.2, 0) is 0 Å². The number of hydrogen-bond acceptors (Lipinski definition) is 3. The summed E-state index contributed by atoms with van der Waals surface area (Å²) in [6.45, 7) is 1.92. The van der Waals surface area contributed by atoms with Crippen LogP contribution in [0, 0.1) is 6.92 Å². The summed E-state index contributed by atoms with van der Waals surface area (Å²) in [6, 6.07) is 17.8. The second kappa shape index (κ2) is 5.48. The average molecular weight is 321 g/mol. The lowest BCUT2D eigenvalue weighted by Crippen LogP contribution is -1.82. The molecule has 0 saturated heterocycles. The zero-order valence-corrected chi connectivity index (χ0v) is 13.2. The predicted molar refractivity (Wildman–Crippen MR) is 93.1 cm³/mol. The number of nitrogens with zero attached hydrogens (tertiary/aromatic N) is 4. The molecule has 0 aliphatic carbocycles. The maximum Gasteiger partial charge on any atom is 0.182 e. The number of rotatable bonds is 2. The van der Waals surface area contributed by atoms with Crippen LogP contribution in [0.5, 0.6) is 0 Å². The van der Waals surface area contributed by atoms with Crippen molar-refractivity contribution in [1.82, 2.24) is 9.38 Å². The molecule has 0 aliphatic heterocycles. The Labute approximate surface area is 138 Å². The molecular formula is C18H13ClN4. The predicted octanol–water partition coefficient (Wildman–Crippen LogP) is 5.86. The first kappa shape index (κ1) is 13.9. The van der Waals surface area contributed by atoms with Gasteiger partial charge in [-0.2, -0.15) is 0 Å². The fourth-order valence-electron chi connectivity index (χ4n) is 2.64. The van der Waals surface area contributed by atoms with Gasteiger partial charge in [0.25, 0.3) is 0 Å². The van der Waals surface area contributed by atoms with E-state index in [2.05, 4.69) is 27.3 Å². The molecule has 112 valence electrons. The summed E-state index contributed by atoms with van der Waals surface area (Å²) in [6.07, 6.45) is 1.80. The maximum absolute atomic E-state index is 6.07. The highest BCUT2D eigenvalue weighted by atomic mass is 35.5. The van der Waals surface area contributed by atoms with Gasteiger partial charge in [0.2, 0.25) is 0 Å². The number of halogens is 1. The quantitative estimate of drug-likeness (QED) is 0.426. The van der Waals surface area contributed by atoms with Crippen LogP contribution in [0.15, 0.2) is 71.0 Å². The van der Waals surface area contributed by atoms with Crippen LogP contribution in [0.3, 0.4) is 0 Å². The van der Waals surface area contributed by atoms with Crippen molar-refractivity contribution in [3.63, 3.8) is 0 Å². The van der Waals surface area contributed by atoms with Gasteiger partial charge in [0.15, 0.2) is 5.82 Å². The van der Waals surface area contributed by atoms with Crippen molar-refractivity contribution in [1.29, 1.82) is 0 Å². The maximum atomic E-state index is 6.07. The lowest BCUT2D eigenvalue weighted by molar-refractivity contribution is 1.10. The minimum atomic E-state index is 0.636. The van der Waals surface area contributed by atoms with Crippen molar-refractivity contribution in [3.8, 4) is 0 Å². The van der Waals surface area contributed by atoms with E-state index in [0.717, 1.165) is 27.8 Å². The number of pyridine rings is 1. The Morgan fingerprint density at radius 2 is 1.78 bits per heavy atom. The summed E-state index contributed by atoms with van der Waals surface area (Å²) in [5.74, 6) is 0.690. The van der Waals surface area contributed by atoms with Crippen molar-refractivity contribution < 1.29 is 0 Å². The minimum absolute atomic E-state index is 0.636. The van der Waals surface area contributed by atoms with Gasteiger partial charge in [-0.3, -0.25) is 4.40 Å².